The van der Waals surface area contributed by atoms with Gasteiger partial charge in [-0.3, -0.25) is 4.98 Å². The minimum Gasteiger partial charge on any atom is -0.481 e. The van der Waals surface area contributed by atoms with Crippen LogP contribution in [0.5, 0.6) is 11.8 Å². The second kappa shape index (κ2) is 6.04. The van der Waals surface area contributed by atoms with Crippen LogP contribution < -0.4 is 9.47 Å². The molecule has 3 aromatic rings. The molecule has 26 heavy (non-hydrogen) atoms. The molecule has 0 aliphatic carbocycles. The number of carbonyl (C=O) groups is 1. The summed E-state index contributed by atoms with van der Waals surface area (Å²) < 4.78 is 15.5. The maximum atomic E-state index is 12.5. The van der Waals surface area contributed by atoms with Gasteiger partial charge in [0.15, 0.2) is 0 Å². The van der Waals surface area contributed by atoms with Crippen molar-refractivity contribution in [2.75, 3.05) is 14.2 Å². The number of thiophene rings is 1. The number of methoxy groups -OCH3 is 2. The predicted molar refractivity (Wildman–Crippen MR) is 91.1 cm³/mol. The van der Waals surface area contributed by atoms with E-state index in [-0.39, 0.29) is 28.8 Å². The third-order valence-electron chi connectivity index (χ3n) is 3.90. The minimum absolute atomic E-state index is 0.0312. The molecule has 132 valence electrons. The second-order valence-electron chi connectivity index (χ2n) is 5.37. The SMILES string of the molecule is COc1cc(OC)nc(C2(O)OC(=O)c3c(-c4cccs4)ccnc32)n1. The molecule has 4 heterocycles. The number of carbonyl (C=O) groups excluding carboxylic acids is 1. The number of esters is 1. The summed E-state index contributed by atoms with van der Waals surface area (Å²) in [5, 5.41) is 13.0. The van der Waals surface area contributed by atoms with Gasteiger partial charge in [-0.05, 0) is 17.5 Å². The molecule has 0 bridgehead atoms. The Balaban J connectivity index is 1.92. The Bertz CT molecular complexity index is 970. The van der Waals surface area contributed by atoms with E-state index >= 15 is 0 Å². The number of ether oxygens (including phenoxy) is 3. The number of hydrogen-bond donors (Lipinski definition) is 1. The number of nitrogens with zero attached hydrogens (tertiary/aromatic N) is 3. The molecule has 1 N–H and O–H groups in total. The van der Waals surface area contributed by atoms with Gasteiger partial charge in [-0.2, -0.15) is 9.97 Å². The first-order valence-corrected chi connectivity index (χ1v) is 8.41. The topological polar surface area (TPSA) is 104 Å². The van der Waals surface area contributed by atoms with Crippen molar-refractivity contribution < 1.29 is 24.1 Å². The Morgan fingerprint density at radius 2 is 1.92 bits per heavy atom. The lowest BCUT2D eigenvalue weighted by molar-refractivity contribution is -0.138. The lowest BCUT2D eigenvalue weighted by atomic mass is 10.0. The molecule has 1 aliphatic heterocycles. The molecule has 0 saturated heterocycles. The van der Waals surface area contributed by atoms with Crippen LogP contribution in [0, 0.1) is 0 Å². The Labute approximate surface area is 152 Å². The summed E-state index contributed by atoms with van der Waals surface area (Å²) in [6, 6.07) is 6.88. The highest BCUT2D eigenvalue weighted by Crippen LogP contribution is 2.42. The fourth-order valence-corrected chi connectivity index (χ4v) is 3.47. The van der Waals surface area contributed by atoms with Crippen molar-refractivity contribution in [3.05, 3.63) is 52.9 Å². The molecule has 1 unspecified atom stereocenters. The number of aliphatic hydroxyl groups is 1. The fraction of sp³-hybridized carbons (Fsp3) is 0.176. The van der Waals surface area contributed by atoms with Crippen molar-refractivity contribution in [2.45, 2.75) is 5.79 Å². The molecule has 0 radical (unpaired) electrons. The van der Waals surface area contributed by atoms with Crippen LogP contribution in [-0.2, 0) is 10.5 Å². The van der Waals surface area contributed by atoms with Crippen molar-refractivity contribution in [1.29, 1.82) is 0 Å². The van der Waals surface area contributed by atoms with Gasteiger partial charge in [-0.25, -0.2) is 4.79 Å². The van der Waals surface area contributed by atoms with E-state index in [0.29, 0.717) is 5.56 Å². The molecule has 0 amide bonds. The molecular weight excluding hydrogens is 358 g/mol. The molecule has 4 rings (SSSR count). The van der Waals surface area contributed by atoms with Crippen LogP contribution in [0.2, 0.25) is 0 Å². The van der Waals surface area contributed by atoms with E-state index in [9.17, 15) is 9.90 Å². The number of rotatable bonds is 4. The van der Waals surface area contributed by atoms with Gasteiger partial charge in [0.25, 0.3) is 0 Å². The van der Waals surface area contributed by atoms with Crippen molar-refractivity contribution >= 4 is 17.3 Å². The summed E-state index contributed by atoms with van der Waals surface area (Å²) in [6.45, 7) is 0. The summed E-state index contributed by atoms with van der Waals surface area (Å²) in [7, 11) is 2.83. The standard InChI is InChI=1S/C17H13N3O5S/c1-23-11-8-12(24-2)20-16(19-11)17(22)14-13(15(21)25-17)9(5-6-18-14)10-4-3-7-26-10/h3-8,22H,1-2H3. The van der Waals surface area contributed by atoms with Crippen LogP contribution in [0.1, 0.15) is 21.9 Å². The molecule has 1 atom stereocenters. The Morgan fingerprint density at radius 3 is 2.54 bits per heavy atom. The first-order valence-electron chi connectivity index (χ1n) is 7.53. The molecule has 8 nitrogen and oxygen atoms in total. The van der Waals surface area contributed by atoms with E-state index in [1.807, 2.05) is 17.5 Å². The van der Waals surface area contributed by atoms with Gasteiger partial charge in [0.2, 0.25) is 17.6 Å². The third-order valence-corrected chi connectivity index (χ3v) is 4.81. The summed E-state index contributed by atoms with van der Waals surface area (Å²) >= 11 is 1.46. The highest BCUT2D eigenvalue weighted by atomic mass is 32.1. The number of aromatic nitrogens is 3. The minimum atomic E-state index is -2.23. The third kappa shape index (κ3) is 2.40. The molecular formula is C17H13N3O5S. The van der Waals surface area contributed by atoms with Crippen molar-refractivity contribution in [3.8, 4) is 22.2 Å². The monoisotopic (exact) mass is 371 g/mol. The Hall–Kier alpha value is -3.04. The van der Waals surface area contributed by atoms with Gasteiger partial charge in [0.1, 0.15) is 5.69 Å². The van der Waals surface area contributed by atoms with E-state index < -0.39 is 11.8 Å². The smallest absolute Gasteiger partial charge is 0.344 e. The summed E-state index contributed by atoms with van der Waals surface area (Å²) in [5.74, 6) is -2.83. The fourth-order valence-electron chi connectivity index (χ4n) is 2.71. The van der Waals surface area contributed by atoms with Crippen LogP contribution in [0.15, 0.2) is 35.8 Å². The quantitative estimate of drug-likeness (QED) is 0.695. The zero-order chi connectivity index (χ0) is 18.3. The van der Waals surface area contributed by atoms with Crippen molar-refractivity contribution in [2.24, 2.45) is 0 Å². The van der Waals surface area contributed by atoms with E-state index in [1.165, 1.54) is 37.8 Å². The molecule has 3 aromatic heterocycles. The van der Waals surface area contributed by atoms with Crippen molar-refractivity contribution in [3.63, 3.8) is 0 Å². The highest BCUT2D eigenvalue weighted by Gasteiger charge is 2.51. The van der Waals surface area contributed by atoms with Crippen LogP contribution in [-0.4, -0.2) is 40.2 Å². The predicted octanol–water partition coefficient (Wildman–Crippen LogP) is 1.98. The van der Waals surface area contributed by atoms with E-state index in [4.69, 9.17) is 14.2 Å². The van der Waals surface area contributed by atoms with Crippen molar-refractivity contribution in [1.82, 2.24) is 15.0 Å². The first-order chi connectivity index (χ1) is 12.6. The summed E-state index contributed by atoms with van der Waals surface area (Å²) in [5.41, 5.74) is 0.840. The number of hydrogen-bond acceptors (Lipinski definition) is 9. The molecule has 0 spiro atoms. The molecule has 9 heteroatoms. The van der Waals surface area contributed by atoms with Gasteiger partial charge < -0.3 is 19.3 Å². The van der Waals surface area contributed by atoms with E-state index in [0.717, 1.165) is 4.88 Å². The average Bonchev–Trinajstić information content (AvgIpc) is 3.29. The molecule has 0 fully saturated rings. The largest absolute Gasteiger partial charge is 0.481 e. The number of fused-ring (bicyclic) bond motifs is 1. The highest BCUT2D eigenvalue weighted by molar-refractivity contribution is 7.13. The van der Waals surface area contributed by atoms with Crippen LogP contribution >= 0.6 is 11.3 Å². The lowest BCUT2D eigenvalue weighted by Gasteiger charge is -2.20. The van der Waals surface area contributed by atoms with Gasteiger partial charge in [-0.1, -0.05) is 6.07 Å². The Morgan fingerprint density at radius 1 is 1.19 bits per heavy atom. The van der Waals surface area contributed by atoms with Crippen LogP contribution in [0.4, 0.5) is 0 Å². The van der Waals surface area contributed by atoms with E-state index in [2.05, 4.69) is 15.0 Å². The van der Waals surface area contributed by atoms with Gasteiger partial charge in [0, 0.05) is 16.6 Å². The van der Waals surface area contributed by atoms with Gasteiger partial charge in [-0.15, -0.1) is 11.3 Å². The zero-order valence-corrected chi connectivity index (χ0v) is 14.6. The normalized spacial score (nSPS) is 18.3. The van der Waals surface area contributed by atoms with Crippen LogP contribution in [0.25, 0.3) is 10.4 Å². The zero-order valence-electron chi connectivity index (χ0n) is 13.8. The maximum absolute atomic E-state index is 12.5. The first kappa shape index (κ1) is 16.4. The molecule has 0 aromatic carbocycles. The lowest BCUT2D eigenvalue weighted by Crippen LogP contribution is -2.31. The van der Waals surface area contributed by atoms with Gasteiger partial charge >= 0.3 is 11.8 Å². The Kier molecular flexibility index (Phi) is 3.82. The van der Waals surface area contributed by atoms with Gasteiger partial charge in [0.05, 0.1) is 25.8 Å². The average molecular weight is 371 g/mol. The molecule has 1 aliphatic rings. The number of pyridine rings is 1. The van der Waals surface area contributed by atoms with Crippen LogP contribution in [0.3, 0.4) is 0 Å². The maximum Gasteiger partial charge on any atom is 0.344 e. The number of cyclic esters (lactones) is 1. The second-order valence-corrected chi connectivity index (χ2v) is 6.32. The summed E-state index contributed by atoms with van der Waals surface area (Å²) in [6.07, 6.45) is 1.50. The van der Waals surface area contributed by atoms with E-state index in [1.54, 1.807) is 6.07 Å². The summed E-state index contributed by atoms with van der Waals surface area (Å²) in [4.78, 5) is 25.8. The molecule has 0 saturated carbocycles.